The highest BCUT2D eigenvalue weighted by atomic mass is 79.9. The van der Waals surface area contributed by atoms with Gasteiger partial charge in [-0.3, -0.25) is 4.79 Å². The zero-order valence-corrected chi connectivity index (χ0v) is 11.8. The van der Waals surface area contributed by atoms with E-state index in [1.807, 2.05) is 0 Å². The molecule has 0 aliphatic carbocycles. The highest BCUT2D eigenvalue weighted by Crippen LogP contribution is 2.12. The van der Waals surface area contributed by atoms with Crippen molar-refractivity contribution >= 4 is 27.8 Å². The molecule has 0 spiro atoms. The molecule has 0 saturated carbocycles. The molecule has 1 aromatic carbocycles. The van der Waals surface area contributed by atoms with Crippen LogP contribution in [0, 0.1) is 12.3 Å². The minimum absolute atomic E-state index is 0.319. The zero-order chi connectivity index (χ0) is 14.3. The van der Waals surface area contributed by atoms with E-state index in [0.29, 0.717) is 24.8 Å². The molecule has 100 valence electrons. The molecule has 1 atom stereocenters. The van der Waals surface area contributed by atoms with Crippen LogP contribution in [-0.2, 0) is 4.79 Å². The van der Waals surface area contributed by atoms with Gasteiger partial charge >= 0.3 is 5.97 Å². The standard InChI is InChI=1S/C14H14BrNO3/c1-2-3-4-8-12(14(18)19)16-13(17)10-6-5-7-11(15)9-10/h1,5-7,9,12H,3-4,8H2,(H,16,17)(H,18,19)/t12-/m1/s1. The van der Waals surface area contributed by atoms with Gasteiger partial charge in [0.05, 0.1) is 0 Å². The first-order chi connectivity index (χ1) is 9.04. The molecule has 4 nitrogen and oxygen atoms in total. The van der Waals surface area contributed by atoms with Gasteiger partial charge in [0.2, 0.25) is 0 Å². The van der Waals surface area contributed by atoms with E-state index in [-0.39, 0.29) is 0 Å². The lowest BCUT2D eigenvalue weighted by Crippen LogP contribution is -2.40. The van der Waals surface area contributed by atoms with Crippen molar-refractivity contribution in [3.63, 3.8) is 0 Å². The molecule has 0 fully saturated rings. The molecule has 19 heavy (non-hydrogen) atoms. The zero-order valence-electron chi connectivity index (χ0n) is 10.2. The first kappa shape index (κ1) is 15.3. The third-order valence-corrected chi connectivity index (χ3v) is 3.00. The van der Waals surface area contributed by atoms with Crippen LogP contribution in [0.3, 0.4) is 0 Å². The fourth-order valence-electron chi connectivity index (χ4n) is 1.54. The molecule has 5 heteroatoms. The van der Waals surface area contributed by atoms with E-state index < -0.39 is 17.9 Å². The van der Waals surface area contributed by atoms with Crippen LogP contribution in [0.4, 0.5) is 0 Å². The number of hydrogen-bond donors (Lipinski definition) is 2. The third-order valence-electron chi connectivity index (χ3n) is 2.50. The lowest BCUT2D eigenvalue weighted by molar-refractivity contribution is -0.139. The Labute approximate surface area is 120 Å². The number of unbranched alkanes of at least 4 members (excludes halogenated alkanes) is 1. The fraction of sp³-hybridized carbons (Fsp3) is 0.286. The summed E-state index contributed by atoms with van der Waals surface area (Å²) in [5.74, 6) is 0.979. The van der Waals surface area contributed by atoms with Gasteiger partial charge in [0.15, 0.2) is 0 Å². The minimum atomic E-state index is -1.06. The Morgan fingerprint density at radius 3 is 2.79 bits per heavy atom. The average molecular weight is 324 g/mol. The first-order valence-electron chi connectivity index (χ1n) is 5.77. The van der Waals surface area contributed by atoms with Gasteiger partial charge in [-0.15, -0.1) is 12.3 Å². The molecule has 0 aromatic heterocycles. The van der Waals surface area contributed by atoms with Crippen molar-refractivity contribution in [2.75, 3.05) is 0 Å². The molecule has 0 saturated heterocycles. The molecule has 0 heterocycles. The summed E-state index contributed by atoms with van der Waals surface area (Å²) in [5, 5.41) is 11.5. The molecule has 0 aliphatic heterocycles. The summed E-state index contributed by atoms with van der Waals surface area (Å²) in [6, 6.07) is 5.85. The number of terminal acetylenes is 1. The highest BCUT2D eigenvalue weighted by molar-refractivity contribution is 9.10. The lowest BCUT2D eigenvalue weighted by atomic mass is 10.1. The maximum absolute atomic E-state index is 11.9. The predicted molar refractivity (Wildman–Crippen MR) is 75.7 cm³/mol. The van der Waals surface area contributed by atoms with E-state index in [1.165, 1.54) is 0 Å². The van der Waals surface area contributed by atoms with Crippen molar-refractivity contribution in [1.29, 1.82) is 0 Å². The molecule has 0 radical (unpaired) electrons. The largest absolute Gasteiger partial charge is 0.480 e. The van der Waals surface area contributed by atoms with Crippen molar-refractivity contribution in [3.8, 4) is 12.3 Å². The van der Waals surface area contributed by atoms with E-state index in [9.17, 15) is 9.59 Å². The summed E-state index contributed by atoms with van der Waals surface area (Å²) >= 11 is 3.26. The number of aliphatic carboxylic acids is 1. The Morgan fingerprint density at radius 2 is 2.21 bits per heavy atom. The number of benzene rings is 1. The maximum atomic E-state index is 11.9. The number of nitrogens with one attached hydrogen (secondary N) is 1. The maximum Gasteiger partial charge on any atom is 0.326 e. The van der Waals surface area contributed by atoms with Crippen molar-refractivity contribution < 1.29 is 14.7 Å². The summed E-state index contributed by atoms with van der Waals surface area (Å²) in [7, 11) is 0. The molecule has 2 N–H and O–H groups in total. The number of rotatable bonds is 6. The van der Waals surface area contributed by atoms with Crippen molar-refractivity contribution in [2.24, 2.45) is 0 Å². The number of amides is 1. The predicted octanol–water partition coefficient (Wildman–Crippen LogP) is 2.44. The Morgan fingerprint density at radius 1 is 1.47 bits per heavy atom. The summed E-state index contributed by atoms with van der Waals surface area (Å²) in [5.41, 5.74) is 0.414. The quantitative estimate of drug-likeness (QED) is 0.624. The Hall–Kier alpha value is -1.80. The van der Waals surface area contributed by atoms with E-state index in [4.69, 9.17) is 11.5 Å². The Kier molecular flexibility index (Phi) is 6.10. The van der Waals surface area contributed by atoms with Crippen LogP contribution in [0.1, 0.15) is 29.6 Å². The van der Waals surface area contributed by atoms with E-state index in [0.717, 1.165) is 4.47 Å². The molecular weight excluding hydrogens is 310 g/mol. The van der Waals surface area contributed by atoms with Crippen LogP contribution in [0.15, 0.2) is 28.7 Å². The summed E-state index contributed by atoms with van der Waals surface area (Å²) in [4.78, 5) is 23.0. The number of carbonyl (C=O) groups is 2. The van der Waals surface area contributed by atoms with Crippen molar-refractivity contribution in [3.05, 3.63) is 34.3 Å². The van der Waals surface area contributed by atoms with Gasteiger partial charge < -0.3 is 10.4 Å². The Balaban J connectivity index is 2.66. The molecule has 0 unspecified atom stereocenters. The van der Waals surface area contributed by atoms with Gasteiger partial charge in [-0.05, 0) is 31.0 Å². The second kappa shape index (κ2) is 7.59. The minimum Gasteiger partial charge on any atom is -0.480 e. The number of hydrogen-bond acceptors (Lipinski definition) is 2. The van der Waals surface area contributed by atoms with Crippen LogP contribution in [0.2, 0.25) is 0 Å². The van der Waals surface area contributed by atoms with Crippen LogP contribution >= 0.6 is 15.9 Å². The number of halogens is 1. The van der Waals surface area contributed by atoms with Gasteiger partial charge in [0.25, 0.3) is 5.91 Å². The second-order valence-electron chi connectivity index (χ2n) is 3.97. The third kappa shape index (κ3) is 5.14. The smallest absolute Gasteiger partial charge is 0.326 e. The van der Waals surface area contributed by atoms with Crippen LogP contribution in [0.25, 0.3) is 0 Å². The number of carboxylic acid groups (broad SMARTS) is 1. The molecule has 0 bridgehead atoms. The highest BCUT2D eigenvalue weighted by Gasteiger charge is 2.20. The molecular formula is C14H14BrNO3. The van der Waals surface area contributed by atoms with Crippen LogP contribution in [0.5, 0.6) is 0 Å². The lowest BCUT2D eigenvalue weighted by Gasteiger charge is -2.14. The van der Waals surface area contributed by atoms with E-state index in [1.54, 1.807) is 24.3 Å². The van der Waals surface area contributed by atoms with Crippen molar-refractivity contribution in [1.82, 2.24) is 5.32 Å². The first-order valence-corrected chi connectivity index (χ1v) is 6.56. The molecule has 0 aliphatic rings. The summed E-state index contributed by atoms with van der Waals surface area (Å²) < 4.78 is 0.763. The number of carbonyl (C=O) groups excluding carboxylic acids is 1. The molecule has 1 aromatic rings. The summed E-state index contributed by atoms with van der Waals surface area (Å²) in [6.07, 6.45) is 6.49. The van der Waals surface area contributed by atoms with Gasteiger partial charge in [-0.2, -0.15) is 0 Å². The monoisotopic (exact) mass is 323 g/mol. The van der Waals surface area contributed by atoms with Gasteiger partial charge in [-0.25, -0.2) is 4.79 Å². The Bertz CT molecular complexity index is 508. The SMILES string of the molecule is C#CCCC[C@@H](NC(=O)c1cccc(Br)c1)C(=O)O. The van der Waals surface area contributed by atoms with Gasteiger partial charge in [0, 0.05) is 16.5 Å². The van der Waals surface area contributed by atoms with E-state index in [2.05, 4.69) is 27.2 Å². The summed E-state index contributed by atoms with van der Waals surface area (Å²) in [6.45, 7) is 0. The van der Waals surface area contributed by atoms with Crippen molar-refractivity contribution in [2.45, 2.75) is 25.3 Å². The second-order valence-corrected chi connectivity index (χ2v) is 4.89. The normalized spacial score (nSPS) is 11.4. The van der Waals surface area contributed by atoms with E-state index >= 15 is 0 Å². The van der Waals surface area contributed by atoms with Crippen LogP contribution in [-0.4, -0.2) is 23.0 Å². The number of carboxylic acids is 1. The van der Waals surface area contributed by atoms with Gasteiger partial charge in [-0.1, -0.05) is 22.0 Å². The topological polar surface area (TPSA) is 66.4 Å². The van der Waals surface area contributed by atoms with Crippen LogP contribution < -0.4 is 5.32 Å². The average Bonchev–Trinajstić information content (AvgIpc) is 2.37. The fourth-order valence-corrected chi connectivity index (χ4v) is 1.94. The van der Waals surface area contributed by atoms with Gasteiger partial charge in [0.1, 0.15) is 6.04 Å². The molecule has 1 rings (SSSR count). The molecule has 1 amide bonds.